The first kappa shape index (κ1) is 24.2. The van der Waals surface area contributed by atoms with Crippen LogP contribution in [-0.4, -0.2) is 51.6 Å². The SMILES string of the molecule is CCNC(=NCc1ccnc(-n2ccnc2)c1)N1CCOC(c2ccc(C)cc2C)C1.I. The average Bonchev–Trinajstić information content (AvgIpc) is 3.32. The molecule has 1 unspecified atom stereocenters. The number of hydrogen-bond donors (Lipinski definition) is 1. The van der Waals surface area contributed by atoms with Gasteiger partial charge < -0.3 is 15.0 Å². The van der Waals surface area contributed by atoms with E-state index < -0.39 is 0 Å². The number of guanidine groups is 1. The number of nitrogens with zero attached hydrogens (tertiary/aromatic N) is 5. The average molecular weight is 546 g/mol. The van der Waals surface area contributed by atoms with E-state index in [1.807, 2.05) is 29.1 Å². The van der Waals surface area contributed by atoms with E-state index in [4.69, 9.17) is 9.73 Å². The van der Waals surface area contributed by atoms with Gasteiger partial charge in [0.25, 0.3) is 0 Å². The van der Waals surface area contributed by atoms with E-state index in [1.165, 1.54) is 16.7 Å². The first-order chi connectivity index (χ1) is 15.1. The molecule has 1 aromatic carbocycles. The van der Waals surface area contributed by atoms with E-state index in [0.717, 1.165) is 37.0 Å². The number of aliphatic imine (C=N–C) groups is 1. The quantitative estimate of drug-likeness (QED) is 0.297. The molecule has 0 saturated carbocycles. The Balaban J connectivity index is 0.00000289. The van der Waals surface area contributed by atoms with Crippen LogP contribution in [0.2, 0.25) is 0 Å². The Labute approximate surface area is 207 Å². The maximum absolute atomic E-state index is 6.12. The minimum Gasteiger partial charge on any atom is -0.370 e. The zero-order valence-electron chi connectivity index (χ0n) is 18.9. The second kappa shape index (κ2) is 11.4. The van der Waals surface area contributed by atoms with Gasteiger partial charge in [-0.05, 0) is 49.6 Å². The van der Waals surface area contributed by atoms with Crippen LogP contribution in [0, 0.1) is 13.8 Å². The molecule has 0 aliphatic carbocycles. The van der Waals surface area contributed by atoms with E-state index in [-0.39, 0.29) is 30.1 Å². The third-order valence-electron chi connectivity index (χ3n) is 5.46. The molecule has 0 bridgehead atoms. The molecule has 0 amide bonds. The number of nitrogens with one attached hydrogen (secondary N) is 1. The van der Waals surface area contributed by atoms with Crippen molar-refractivity contribution in [3.63, 3.8) is 0 Å². The molecule has 170 valence electrons. The lowest BCUT2D eigenvalue weighted by atomic mass is 10.00. The second-order valence-electron chi connectivity index (χ2n) is 7.83. The lowest BCUT2D eigenvalue weighted by Gasteiger charge is -2.36. The molecule has 1 N–H and O–H groups in total. The Morgan fingerprint density at radius 2 is 2.09 bits per heavy atom. The molecule has 32 heavy (non-hydrogen) atoms. The Morgan fingerprint density at radius 3 is 2.84 bits per heavy atom. The van der Waals surface area contributed by atoms with Gasteiger partial charge in [0.15, 0.2) is 5.96 Å². The van der Waals surface area contributed by atoms with Crippen molar-refractivity contribution in [1.29, 1.82) is 0 Å². The molecule has 7 nitrogen and oxygen atoms in total. The minimum atomic E-state index is 0. The fraction of sp³-hybridized carbons (Fsp3) is 0.375. The summed E-state index contributed by atoms with van der Waals surface area (Å²) in [4.78, 5) is 15.7. The third-order valence-corrected chi connectivity index (χ3v) is 5.46. The summed E-state index contributed by atoms with van der Waals surface area (Å²) in [5.74, 6) is 1.76. The molecule has 1 aliphatic heterocycles. The first-order valence-electron chi connectivity index (χ1n) is 10.8. The highest BCUT2D eigenvalue weighted by atomic mass is 127. The summed E-state index contributed by atoms with van der Waals surface area (Å²) in [6.07, 6.45) is 7.26. The number of hydrogen-bond acceptors (Lipinski definition) is 4. The Kier molecular flexibility index (Phi) is 8.63. The molecule has 4 rings (SSSR count). The highest BCUT2D eigenvalue weighted by molar-refractivity contribution is 14.0. The Morgan fingerprint density at radius 1 is 1.22 bits per heavy atom. The normalized spacial score (nSPS) is 16.5. The van der Waals surface area contributed by atoms with Crippen LogP contribution in [0.15, 0.2) is 60.2 Å². The van der Waals surface area contributed by atoms with Crippen LogP contribution < -0.4 is 5.32 Å². The number of aromatic nitrogens is 3. The largest absolute Gasteiger partial charge is 0.370 e. The van der Waals surface area contributed by atoms with Crippen LogP contribution in [-0.2, 0) is 11.3 Å². The van der Waals surface area contributed by atoms with Gasteiger partial charge in [-0.3, -0.25) is 4.57 Å². The zero-order valence-corrected chi connectivity index (χ0v) is 21.2. The Bertz CT molecular complexity index is 1040. The van der Waals surface area contributed by atoms with E-state index in [9.17, 15) is 0 Å². The molecule has 1 atom stereocenters. The van der Waals surface area contributed by atoms with Gasteiger partial charge in [-0.2, -0.15) is 0 Å². The smallest absolute Gasteiger partial charge is 0.194 e. The predicted octanol–water partition coefficient (Wildman–Crippen LogP) is 4.04. The van der Waals surface area contributed by atoms with Gasteiger partial charge in [-0.25, -0.2) is 15.0 Å². The molecule has 1 aliphatic rings. The van der Waals surface area contributed by atoms with Crippen molar-refractivity contribution in [3.05, 3.63) is 77.5 Å². The van der Waals surface area contributed by atoms with Gasteiger partial charge in [-0.15, -0.1) is 24.0 Å². The number of aryl methyl sites for hydroxylation is 2. The number of morpholine rings is 1. The van der Waals surface area contributed by atoms with Crippen molar-refractivity contribution < 1.29 is 4.74 Å². The number of benzene rings is 1. The maximum atomic E-state index is 6.12. The molecule has 0 spiro atoms. The second-order valence-corrected chi connectivity index (χ2v) is 7.83. The minimum absolute atomic E-state index is 0. The summed E-state index contributed by atoms with van der Waals surface area (Å²) in [7, 11) is 0. The predicted molar refractivity (Wildman–Crippen MR) is 138 cm³/mol. The van der Waals surface area contributed by atoms with Crippen LogP contribution in [0.4, 0.5) is 0 Å². The zero-order chi connectivity index (χ0) is 21.6. The van der Waals surface area contributed by atoms with Crippen LogP contribution in [0.5, 0.6) is 0 Å². The number of imidazole rings is 1. The van der Waals surface area contributed by atoms with Crippen molar-refractivity contribution in [2.24, 2.45) is 4.99 Å². The van der Waals surface area contributed by atoms with Gasteiger partial charge in [0.1, 0.15) is 18.2 Å². The molecule has 3 heterocycles. The molecule has 0 radical (unpaired) electrons. The maximum Gasteiger partial charge on any atom is 0.194 e. The third kappa shape index (κ3) is 5.86. The summed E-state index contributed by atoms with van der Waals surface area (Å²) >= 11 is 0. The van der Waals surface area contributed by atoms with Gasteiger partial charge in [-0.1, -0.05) is 23.8 Å². The molecule has 2 aromatic heterocycles. The highest BCUT2D eigenvalue weighted by Gasteiger charge is 2.25. The van der Waals surface area contributed by atoms with Gasteiger partial charge in [0.2, 0.25) is 0 Å². The van der Waals surface area contributed by atoms with E-state index in [2.05, 4.69) is 59.2 Å². The number of pyridine rings is 1. The van der Waals surface area contributed by atoms with E-state index in [0.29, 0.717) is 13.2 Å². The monoisotopic (exact) mass is 546 g/mol. The standard InChI is InChI=1S/C24H30N6O.HI/c1-4-26-24(28-15-20-7-8-27-23(14-20)30-10-9-25-17-30)29-11-12-31-22(16-29)21-6-5-18(2)13-19(21)3;/h5-10,13-14,17,22H,4,11-12,15-16H2,1-3H3,(H,26,28);1H. The van der Waals surface area contributed by atoms with E-state index >= 15 is 0 Å². The first-order valence-corrected chi connectivity index (χ1v) is 10.8. The summed E-state index contributed by atoms with van der Waals surface area (Å²) in [5, 5.41) is 3.45. The highest BCUT2D eigenvalue weighted by Crippen LogP contribution is 2.26. The van der Waals surface area contributed by atoms with Crippen LogP contribution in [0.25, 0.3) is 5.82 Å². The van der Waals surface area contributed by atoms with E-state index in [1.54, 1.807) is 12.5 Å². The number of ether oxygens (including phenoxy) is 1. The summed E-state index contributed by atoms with van der Waals surface area (Å²) in [5.41, 5.74) is 4.91. The molecule has 3 aromatic rings. The fourth-order valence-corrected chi connectivity index (χ4v) is 3.90. The van der Waals surface area contributed by atoms with Gasteiger partial charge in [0, 0.05) is 31.7 Å². The number of rotatable bonds is 5. The van der Waals surface area contributed by atoms with Crippen molar-refractivity contribution in [3.8, 4) is 5.82 Å². The van der Waals surface area contributed by atoms with Crippen LogP contribution in [0.1, 0.15) is 35.3 Å². The van der Waals surface area contributed by atoms with Gasteiger partial charge >= 0.3 is 0 Å². The summed E-state index contributed by atoms with van der Waals surface area (Å²) in [6.45, 7) is 10.1. The molecular formula is C24H31IN6O. The van der Waals surface area contributed by atoms with Crippen molar-refractivity contribution in [2.45, 2.75) is 33.4 Å². The lowest BCUT2D eigenvalue weighted by Crippen LogP contribution is -2.48. The lowest BCUT2D eigenvalue weighted by molar-refractivity contribution is -0.00834. The van der Waals surface area contributed by atoms with Crippen molar-refractivity contribution >= 4 is 29.9 Å². The molecule has 1 fully saturated rings. The Hall–Kier alpha value is -2.46. The topological polar surface area (TPSA) is 67.6 Å². The van der Waals surface area contributed by atoms with Gasteiger partial charge in [0.05, 0.1) is 19.7 Å². The van der Waals surface area contributed by atoms with Crippen LogP contribution >= 0.6 is 24.0 Å². The fourth-order valence-electron chi connectivity index (χ4n) is 3.90. The summed E-state index contributed by atoms with van der Waals surface area (Å²) in [6, 6.07) is 10.6. The van der Waals surface area contributed by atoms with Crippen molar-refractivity contribution in [2.75, 3.05) is 26.2 Å². The van der Waals surface area contributed by atoms with Crippen LogP contribution in [0.3, 0.4) is 0 Å². The number of halogens is 1. The molecule has 8 heteroatoms. The molecule has 1 saturated heterocycles. The molecular weight excluding hydrogens is 515 g/mol. The van der Waals surface area contributed by atoms with Crippen molar-refractivity contribution in [1.82, 2.24) is 24.8 Å². The summed E-state index contributed by atoms with van der Waals surface area (Å²) < 4.78 is 8.02.